The summed E-state index contributed by atoms with van der Waals surface area (Å²) in [5.74, 6) is 0.948. The highest BCUT2D eigenvalue weighted by atomic mass is 15.3. The van der Waals surface area contributed by atoms with Crippen molar-refractivity contribution in [2.45, 2.75) is 195 Å². The van der Waals surface area contributed by atoms with E-state index in [-0.39, 0.29) is 0 Å². The summed E-state index contributed by atoms with van der Waals surface area (Å²) >= 11 is 0. The smallest absolute Gasteiger partial charge is 0.0344 e. The average molecular weight is 994 g/mol. The Morgan fingerprint density at radius 3 is 1.13 bits per heavy atom. The number of nitrogens with zero attached hydrogens (tertiary/aromatic N) is 12. The lowest BCUT2D eigenvalue weighted by Crippen LogP contribution is -2.63. The highest BCUT2D eigenvalue weighted by Crippen LogP contribution is 2.33. The minimum Gasteiger partial charge on any atom is -0.308 e. The van der Waals surface area contributed by atoms with E-state index in [1.165, 1.54) is 117 Å². The third kappa shape index (κ3) is 25.8. The number of likely N-dealkylation sites (tertiary alicyclic amines) is 4. The molecule has 3 unspecified atom stereocenters. The van der Waals surface area contributed by atoms with Gasteiger partial charge in [0.05, 0.1) is 0 Å². The minimum absolute atomic E-state index is 0.302. The first-order valence-electron chi connectivity index (χ1n) is 28.2. The van der Waals surface area contributed by atoms with Crippen molar-refractivity contribution in [1.29, 1.82) is 0 Å². The van der Waals surface area contributed by atoms with Crippen LogP contribution in [0.2, 0.25) is 0 Å². The Bertz CT molecular complexity index is 1350. The van der Waals surface area contributed by atoms with Crippen molar-refractivity contribution in [1.82, 2.24) is 58.8 Å². The van der Waals surface area contributed by atoms with E-state index < -0.39 is 0 Å². The quantitative estimate of drug-likeness (QED) is 0.273. The lowest BCUT2D eigenvalue weighted by atomic mass is 9.97. The van der Waals surface area contributed by atoms with E-state index >= 15 is 0 Å². The summed E-state index contributed by atoms with van der Waals surface area (Å²) in [5.41, 5.74) is 2.10. The van der Waals surface area contributed by atoms with Crippen molar-refractivity contribution >= 4 is 0 Å². The third-order valence-corrected chi connectivity index (χ3v) is 16.3. The molecule has 70 heavy (non-hydrogen) atoms. The van der Waals surface area contributed by atoms with Crippen LogP contribution in [-0.4, -0.2) is 292 Å². The Morgan fingerprint density at radius 1 is 0.371 bits per heavy atom. The van der Waals surface area contributed by atoms with Crippen LogP contribution < -0.4 is 0 Å². The molecule has 6 saturated heterocycles. The zero-order valence-corrected chi connectivity index (χ0v) is 52.8. The lowest BCUT2D eigenvalue weighted by molar-refractivity contribution is -0.00402. The fourth-order valence-electron chi connectivity index (χ4n) is 9.70. The minimum atomic E-state index is 0.302. The first-order valence-corrected chi connectivity index (χ1v) is 28.2. The van der Waals surface area contributed by atoms with Crippen molar-refractivity contribution in [3.8, 4) is 0 Å². The van der Waals surface area contributed by atoms with E-state index in [9.17, 15) is 0 Å². The molecule has 0 aromatic rings. The van der Waals surface area contributed by atoms with E-state index in [1.807, 2.05) is 0 Å². The molecular weight excluding hydrogens is 865 g/mol. The molecule has 0 bridgehead atoms. The molecule has 6 aliphatic heterocycles. The molecule has 6 rings (SSSR count). The second-order valence-corrected chi connectivity index (χ2v) is 29.1. The molecule has 6 aliphatic rings. The highest BCUT2D eigenvalue weighted by Gasteiger charge is 2.42. The largest absolute Gasteiger partial charge is 0.308 e. The van der Waals surface area contributed by atoms with Gasteiger partial charge >= 0.3 is 0 Å². The lowest BCUT2D eigenvalue weighted by Gasteiger charge is -2.49. The van der Waals surface area contributed by atoms with Crippen LogP contribution in [0, 0.1) is 5.92 Å². The van der Waals surface area contributed by atoms with Gasteiger partial charge in [-0.2, -0.15) is 0 Å². The van der Waals surface area contributed by atoms with Gasteiger partial charge in [-0.1, -0.05) is 0 Å². The summed E-state index contributed by atoms with van der Waals surface area (Å²) in [6.07, 6.45) is 4.05. The van der Waals surface area contributed by atoms with Gasteiger partial charge in [0.1, 0.15) is 0 Å². The molecule has 12 heteroatoms. The molecular formula is C58H128N12. The summed E-state index contributed by atoms with van der Waals surface area (Å²) < 4.78 is 0. The fraction of sp³-hybridized carbons (Fsp3) is 1.00. The summed E-state index contributed by atoms with van der Waals surface area (Å²) in [6, 6.07) is 2.40. The van der Waals surface area contributed by atoms with Crippen molar-refractivity contribution in [3.05, 3.63) is 0 Å². The molecule has 0 aliphatic carbocycles. The number of hydrogen-bond acceptors (Lipinski definition) is 12. The topological polar surface area (TPSA) is 38.9 Å². The Balaban J connectivity index is 0.000000421. The van der Waals surface area contributed by atoms with Crippen LogP contribution in [-0.2, 0) is 0 Å². The molecule has 0 radical (unpaired) electrons. The van der Waals surface area contributed by atoms with E-state index in [0.717, 1.165) is 37.1 Å². The predicted octanol–water partition coefficient (Wildman–Crippen LogP) is 7.61. The van der Waals surface area contributed by atoms with Crippen molar-refractivity contribution in [2.75, 3.05) is 182 Å². The van der Waals surface area contributed by atoms with Gasteiger partial charge in [0.25, 0.3) is 0 Å². The van der Waals surface area contributed by atoms with Gasteiger partial charge in [0, 0.05) is 143 Å². The SMILES string of the molecule is CN(C)C1CCN(C(C)(C)C)C1.CN(C)C1CN(C(C)(C)C)C1.CN(C)CCN(C)C(C)(C)C.CN1CCC2CN(C(C)(C)C)CC21.CN1CCCN(C(C)(C)C)CC1.CN1CCN(C(C)(C)C)CC1. The Morgan fingerprint density at radius 2 is 0.771 bits per heavy atom. The van der Waals surface area contributed by atoms with Crippen LogP contribution in [0.4, 0.5) is 0 Å². The van der Waals surface area contributed by atoms with Crippen molar-refractivity contribution in [2.24, 2.45) is 5.92 Å². The maximum Gasteiger partial charge on any atom is 0.0344 e. The maximum atomic E-state index is 2.64. The van der Waals surface area contributed by atoms with Gasteiger partial charge in [-0.3, -0.25) is 24.5 Å². The van der Waals surface area contributed by atoms with Crippen LogP contribution >= 0.6 is 0 Å². The summed E-state index contributed by atoms with van der Waals surface area (Å²) in [5, 5.41) is 0. The molecule has 420 valence electrons. The summed E-state index contributed by atoms with van der Waals surface area (Å²) in [4.78, 5) is 29.4. The van der Waals surface area contributed by atoms with Crippen LogP contribution in [0.3, 0.4) is 0 Å². The Labute approximate surface area is 440 Å². The van der Waals surface area contributed by atoms with Gasteiger partial charge < -0.3 is 34.3 Å². The van der Waals surface area contributed by atoms with Crippen LogP contribution in [0.15, 0.2) is 0 Å². The highest BCUT2D eigenvalue weighted by molar-refractivity contribution is 4.98. The van der Waals surface area contributed by atoms with Gasteiger partial charge in [-0.05, 0) is 240 Å². The normalized spacial score (nSPS) is 24.9. The zero-order valence-electron chi connectivity index (χ0n) is 52.8. The monoisotopic (exact) mass is 993 g/mol. The Kier molecular flexibility index (Phi) is 28.1. The number of likely N-dealkylation sites (N-methyl/N-ethyl adjacent to an activating group) is 7. The van der Waals surface area contributed by atoms with E-state index in [4.69, 9.17) is 0 Å². The zero-order chi connectivity index (χ0) is 54.4. The molecule has 6 heterocycles. The Hall–Kier alpha value is -0.480. The first-order chi connectivity index (χ1) is 31.6. The third-order valence-electron chi connectivity index (χ3n) is 16.3. The fourth-order valence-corrected chi connectivity index (χ4v) is 9.70. The molecule has 0 aromatic heterocycles. The van der Waals surface area contributed by atoms with Gasteiger partial charge in [-0.15, -0.1) is 0 Å². The van der Waals surface area contributed by atoms with Gasteiger partial charge in [0.15, 0.2) is 0 Å². The van der Waals surface area contributed by atoms with Crippen LogP contribution in [0.5, 0.6) is 0 Å². The van der Waals surface area contributed by atoms with Crippen molar-refractivity contribution in [3.63, 3.8) is 0 Å². The predicted molar refractivity (Wildman–Crippen MR) is 311 cm³/mol. The standard InChI is InChI=1S/C11H22N2.2C10H22N2.2C9H20N2.C9H22N2/c1-11(2,3)13-7-9-5-6-12(4)10(9)8-13;1-10(2,3)12-7-6-9(8-12)11(4)5;1-10(2,3)12-7-5-6-11(4)8-9-12;1-9(2,3)11-6-8(7-11)10(4)5;1-9(2,3)11-7-5-10(4)6-8-11;1-9(2,3)11(6)8-7-10(4)5/h9-10H,5-8H2,1-4H3;9H,6-8H2,1-5H3;5-9H2,1-4H3;8H,6-7H2,1-5H3;5-8H2,1-4H3;7-8H2,1-6H3. The molecule has 6 fully saturated rings. The van der Waals surface area contributed by atoms with Crippen LogP contribution in [0.25, 0.3) is 0 Å². The number of hydrogen-bond donors (Lipinski definition) is 0. The maximum absolute atomic E-state index is 2.64. The van der Waals surface area contributed by atoms with Crippen LogP contribution in [0.1, 0.15) is 144 Å². The molecule has 0 amide bonds. The van der Waals surface area contributed by atoms with E-state index in [2.05, 4.69) is 254 Å². The second-order valence-electron chi connectivity index (χ2n) is 29.1. The first kappa shape index (κ1) is 67.5. The molecule has 0 saturated carbocycles. The molecule has 0 spiro atoms. The molecule has 3 atom stereocenters. The second kappa shape index (κ2) is 29.1. The summed E-state index contributed by atoms with van der Waals surface area (Å²) in [6.45, 7) is 62.2. The molecule has 0 N–H and O–H groups in total. The van der Waals surface area contributed by atoms with Crippen molar-refractivity contribution < 1.29 is 0 Å². The number of rotatable bonds is 5. The average Bonchev–Trinajstić information content (AvgIpc) is 3.89. The van der Waals surface area contributed by atoms with Gasteiger partial charge in [0.2, 0.25) is 0 Å². The number of fused-ring (bicyclic) bond motifs is 1. The number of piperazine rings is 1. The summed E-state index contributed by atoms with van der Waals surface area (Å²) in [7, 11) is 21.7. The van der Waals surface area contributed by atoms with Gasteiger partial charge in [-0.25, -0.2) is 0 Å². The van der Waals surface area contributed by atoms with E-state index in [0.29, 0.717) is 33.2 Å². The van der Waals surface area contributed by atoms with E-state index in [1.54, 1.807) is 0 Å². The molecule has 12 nitrogen and oxygen atoms in total. The molecule has 0 aromatic carbocycles.